The zero-order valence-electron chi connectivity index (χ0n) is 9.11. The van der Waals surface area contributed by atoms with Crippen LogP contribution < -0.4 is 5.73 Å². The van der Waals surface area contributed by atoms with Crippen molar-refractivity contribution < 1.29 is 0 Å². The molecular weight excluding hydrogens is 202 g/mol. The number of aryl methyl sites for hydroxylation is 1. The van der Waals surface area contributed by atoms with Crippen molar-refractivity contribution in [2.75, 3.05) is 18.1 Å². The molecule has 1 aromatic carbocycles. The van der Waals surface area contributed by atoms with Gasteiger partial charge in [0, 0.05) is 18.1 Å². The first-order valence-corrected chi connectivity index (χ1v) is 6.93. The monoisotopic (exact) mass is 221 g/mol. The standard InChI is InChI=1S/C13H19NS/c14-8-9-15-10-12-6-3-5-11-4-1-2-7-13(11)12/h1-2,4,7,12H,3,5-6,8-10,14H2. The van der Waals surface area contributed by atoms with Gasteiger partial charge >= 0.3 is 0 Å². The smallest absolute Gasteiger partial charge is 0.00560 e. The summed E-state index contributed by atoms with van der Waals surface area (Å²) in [5.41, 5.74) is 8.68. The lowest BCUT2D eigenvalue weighted by atomic mass is 9.84. The van der Waals surface area contributed by atoms with Crippen LogP contribution >= 0.6 is 11.8 Å². The second-order valence-corrected chi connectivity index (χ2v) is 5.30. The molecule has 0 aliphatic heterocycles. The molecule has 2 heteroatoms. The minimum atomic E-state index is 0.770. The van der Waals surface area contributed by atoms with Crippen molar-refractivity contribution in [1.82, 2.24) is 0 Å². The molecule has 0 fully saturated rings. The van der Waals surface area contributed by atoms with E-state index in [4.69, 9.17) is 5.73 Å². The van der Waals surface area contributed by atoms with E-state index in [0.29, 0.717) is 0 Å². The Labute approximate surface area is 96.4 Å². The number of rotatable bonds is 4. The van der Waals surface area contributed by atoms with Gasteiger partial charge in [0.1, 0.15) is 0 Å². The van der Waals surface area contributed by atoms with Gasteiger partial charge in [0.15, 0.2) is 0 Å². The van der Waals surface area contributed by atoms with Crippen LogP contribution in [-0.2, 0) is 6.42 Å². The molecule has 0 amide bonds. The molecule has 1 aromatic rings. The maximum Gasteiger partial charge on any atom is 0.00560 e. The number of thioether (sulfide) groups is 1. The Morgan fingerprint density at radius 3 is 3.07 bits per heavy atom. The number of hydrogen-bond acceptors (Lipinski definition) is 2. The van der Waals surface area contributed by atoms with Gasteiger partial charge in [0.25, 0.3) is 0 Å². The quantitative estimate of drug-likeness (QED) is 0.791. The Morgan fingerprint density at radius 1 is 1.33 bits per heavy atom. The van der Waals surface area contributed by atoms with E-state index >= 15 is 0 Å². The van der Waals surface area contributed by atoms with Crippen LogP contribution in [0.5, 0.6) is 0 Å². The summed E-state index contributed by atoms with van der Waals surface area (Å²) in [5.74, 6) is 3.11. The Balaban J connectivity index is 2.02. The Hall–Kier alpha value is -0.470. The predicted octanol–water partition coefficient (Wildman–Crippen LogP) is 2.80. The first-order chi connectivity index (χ1) is 7.42. The SMILES string of the molecule is NCCSCC1CCCc2ccccc21. The van der Waals surface area contributed by atoms with E-state index < -0.39 is 0 Å². The zero-order chi connectivity index (χ0) is 10.5. The lowest BCUT2D eigenvalue weighted by Gasteiger charge is -2.25. The van der Waals surface area contributed by atoms with Crippen molar-refractivity contribution in [3.8, 4) is 0 Å². The van der Waals surface area contributed by atoms with Crippen LogP contribution in [-0.4, -0.2) is 18.1 Å². The highest BCUT2D eigenvalue weighted by molar-refractivity contribution is 7.99. The molecule has 0 bridgehead atoms. The van der Waals surface area contributed by atoms with Crippen LogP contribution in [0.2, 0.25) is 0 Å². The Morgan fingerprint density at radius 2 is 2.20 bits per heavy atom. The van der Waals surface area contributed by atoms with Crippen molar-refractivity contribution in [1.29, 1.82) is 0 Å². The van der Waals surface area contributed by atoms with Gasteiger partial charge in [0.2, 0.25) is 0 Å². The molecule has 1 atom stereocenters. The number of fused-ring (bicyclic) bond motifs is 1. The minimum Gasteiger partial charge on any atom is -0.330 e. The fraction of sp³-hybridized carbons (Fsp3) is 0.538. The zero-order valence-corrected chi connectivity index (χ0v) is 9.93. The fourth-order valence-corrected chi connectivity index (χ4v) is 3.30. The Kier molecular flexibility index (Phi) is 4.09. The number of hydrogen-bond donors (Lipinski definition) is 1. The first kappa shape index (κ1) is 11.0. The average molecular weight is 221 g/mol. The van der Waals surface area contributed by atoms with Gasteiger partial charge in [-0.25, -0.2) is 0 Å². The van der Waals surface area contributed by atoms with Crippen LogP contribution in [0, 0.1) is 0 Å². The summed E-state index contributed by atoms with van der Waals surface area (Å²) >= 11 is 2.00. The number of benzene rings is 1. The maximum atomic E-state index is 5.52. The first-order valence-electron chi connectivity index (χ1n) is 5.77. The summed E-state index contributed by atoms with van der Waals surface area (Å²) in [7, 11) is 0. The lowest BCUT2D eigenvalue weighted by Crippen LogP contribution is -2.12. The highest BCUT2D eigenvalue weighted by Gasteiger charge is 2.18. The molecule has 1 aliphatic carbocycles. The largest absolute Gasteiger partial charge is 0.330 e. The van der Waals surface area contributed by atoms with Crippen molar-refractivity contribution in [2.24, 2.45) is 5.73 Å². The van der Waals surface area contributed by atoms with E-state index in [1.165, 1.54) is 25.0 Å². The molecule has 15 heavy (non-hydrogen) atoms. The molecule has 82 valence electrons. The second kappa shape index (κ2) is 5.57. The van der Waals surface area contributed by atoms with Gasteiger partial charge in [-0.05, 0) is 36.3 Å². The third kappa shape index (κ3) is 2.76. The van der Waals surface area contributed by atoms with Gasteiger partial charge < -0.3 is 5.73 Å². The normalized spacial score (nSPS) is 19.9. The van der Waals surface area contributed by atoms with Crippen molar-refractivity contribution in [3.63, 3.8) is 0 Å². The summed E-state index contributed by atoms with van der Waals surface area (Å²) in [6, 6.07) is 8.93. The van der Waals surface area contributed by atoms with Crippen LogP contribution in [0.15, 0.2) is 24.3 Å². The molecule has 0 saturated carbocycles. The topological polar surface area (TPSA) is 26.0 Å². The van der Waals surface area contributed by atoms with E-state index in [1.54, 1.807) is 11.1 Å². The van der Waals surface area contributed by atoms with Gasteiger partial charge in [-0.2, -0.15) is 11.8 Å². The van der Waals surface area contributed by atoms with Crippen molar-refractivity contribution >= 4 is 11.8 Å². The molecule has 0 aromatic heterocycles. The van der Waals surface area contributed by atoms with E-state index in [9.17, 15) is 0 Å². The average Bonchev–Trinajstić information content (AvgIpc) is 2.30. The molecule has 1 aliphatic rings. The summed E-state index contributed by atoms with van der Waals surface area (Å²) in [6.07, 6.45) is 3.98. The van der Waals surface area contributed by atoms with E-state index in [2.05, 4.69) is 24.3 Å². The van der Waals surface area contributed by atoms with Gasteiger partial charge in [-0.15, -0.1) is 0 Å². The molecule has 0 radical (unpaired) electrons. The second-order valence-electron chi connectivity index (χ2n) is 4.15. The van der Waals surface area contributed by atoms with Gasteiger partial charge in [-0.1, -0.05) is 24.3 Å². The van der Waals surface area contributed by atoms with Crippen LogP contribution in [0.25, 0.3) is 0 Å². The summed E-state index contributed by atoms with van der Waals surface area (Å²) in [4.78, 5) is 0. The van der Waals surface area contributed by atoms with Crippen LogP contribution in [0.3, 0.4) is 0 Å². The fourth-order valence-electron chi connectivity index (χ4n) is 2.34. The van der Waals surface area contributed by atoms with Crippen LogP contribution in [0.1, 0.15) is 29.9 Å². The third-order valence-electron chi connectivity index (χ3n) is 3.07. The predicted molar refractivity (Wildman–Crippen MR) is 68.5 cm³/mol. The number of nitrogens with two attached hydrogens (primary N) is 1. The van der Waals surface area contributed by atoms with Crippen molar-refractivity contribution in [3.05, 3.63) is 35.4 Å². The molecule has 0 spiro atoms. The van der Waals surface area contributed by atoms with Gasteiger partial charge in [-0.3, -0.25) is 0 Å². The lowest BCUT2D eigenvalue weighted by molar-refractivity contribution is 0.596. The van der Waals surface area contributed by atoms with Crippen LogP contribution in [0.4, 0.5) is 0 Å². The Bertz CT molecular complexity index is 311. The molecule has 1 nitrogen and oxygen atoms in total. The highest BCUT2D eigenvalue weighted by Crippen LogP contribution is 2.33. The van der Waals surface area contributed by atoms with E-state index in [0.717, 1.165) is 18.2 Å². The van der Waals surface area contributed by atoms with Crippen molar-refractivity contribution in [2.45, 2.75) is 25.2 Å². The molecule has 2 rings (SSSR count). The highest BCUT2D eigenvalue weighted by atomic mass is 32.2. The van der Waals surface area contributed by atoms with E-state index in [1.807, 2.05) is 11.8 Å². The summed E-state index contributed by atoms with van der Waals surface area (Å²) in [5, 5.41) is 0. The molecular formula is C13H19NS. The van der Waals surface area contributed by atoms with Gasteiger partial charge in [0.05, 0.1) is 0 Å². The molecule has 1 unspecified atom stereocenters. The minimum absolute atomic E-state index is 0.770. The third-order valence-corrected chi connectivity index (χ3v) is 4.24. The molecule has 0 saturated heterocycles. The summed E-state index contributed by atoms with van der Waals surface area (Å²) in [6.45, 7) is 0.805. The molecule has 2 N–H and O–H groups in total. The van der Waals surface area contributed by atoms with E-state index in [-0.39, 0.29) is 0 Å². The summed E-state index contributed by atoms with van der Waals surface area (Å²) < 4.78 is 0. The molecule has 0 heterocycles. The maximum absolute atomic E-state index is 5.52.